The molecular formula is C18H26N2O5S. The molecule has 0 spiro atoms. The molecule has 0 saturated carbocycles. The highest BCUT2D eigenvalue weighted by Gasteiger charge is 2.35. The minimum atomic E-state index is -3.10. The van der Waals surface area contributed by atoms with E-state index in [-0.39, 0.29) is 29.4 Å². The van der Waals surface area contributed by atoms with Crippen molar-refractivity contribution >= 4 is 27.4 Å². The van der Waals surface area contributed by atoms with Gasteiger partial charge in [-0.3, -0.25) is 4.79 Å². The molecule has 1 amide bonds. The van der Waals surface area contributed by atoms with E-state index < -0.39 is 22.4 Å². The number of hydrogen-bond acceptors (Lipinski definition) is 6. The first kappa shape index (κ1) is 20.2. The lowest BCUT2D eigenvalue weighted by Crippen LogP contribution is -2.45. The van der Waals surface area contributed by atoms with Gasteiger partial charge in [0.1, 0.15) is 0 Å². The Bertz CT molecular complexity index is 761. The summed E-state index contributed by atoms with van der Waals surface area (Å²) in [5.41, 5.74) is 0.965. The number of rotatable bonds is 7. The van der Waals surface area contributed by atoms with Gasteiger partial charge in [-0.25, -0.2) is 13.2 Å². The maximum Gasteiger partial charge on any atom is 0.340 e. The number of amides is 1. The third kappa shape index (κ3) is 5.20. The molecule has 0 aromatic heterocycles. The SMILES string of the molecule is CNc1ccccc1C(=O)OCC(=O)N(CC(C)C)[C@H]1CCS(=O)(=O)C1. The molecule has 1 fully saturated rings. The van der Waals surface area contributed by atoms with E-state index >= 15 is 0 Å². The van der Waals surface area contributed by atoms with Crippen LogP contribution in [0.25, 0.3) is 0 Å². The third-order valence-electron chi connectivity index (χ3n) is 4.27. The van der Waals surface area contributed by atoms with Crippen molar-refractivity contribution in [3.05, 3.63) is 29.8 Å². The molecule has 8 heteroatoms. The number of nitrogens with zero attached hydrogens (tertiary/aromatic N) is 1. The Morgan fingerprint density at radius 2 is 2.00 bits per heavy atom. The van der Waals surface area contributed by atoms with Gasteiger partial charge in [-0.1, -0.05) is 26.0 Å². The van der Waals surface area contributed by atoms with E-state index in [4.69, 9.17) is 4.74 Å². The highest BCUT2D eigenvalue weighted by atomic mass is 32.2. The van der Waals surface area contributed by atoms with Crippen molar-refractivity contribution < 1.29 is 22.7 Å². The molecule has 7 nitrogen and oxygen atoms in total. The zero-order valence-corrected chi connectivity index (χ0v) is 16.2. The van der Waals surface area contributed by atoms with Crippen LogP contribution in [0.15, 0.2) is 24.3 Å². The molecule has 1 saturated heterocycles. The normalized spacial score (nSPS) is 18.5. The summed E-state index contributed by atoms with van der Waals surface area (Å²) >= 11 is 0. The molecule has 0 unspecified atom stereocenters. The minimum absolute atomic E-state index is 0.0258. The maximum absolute atomic E-state index is 12.6. The molecule has 1 aromatic carbocycles. The predicted octanol–water partition coefficient (Wildman–Crippen LogP) is 1.56. The van der Waals surface area contributed by atoms with Crippen molar-refractivity contribution in [3.8, 4) is 0 Å². The van der Waals surface area contributed by atoms with Crippen LogP contribution in [0.4, 0.5) is 5.69 Å². The first-order valence-electron chi connectivity index (χ1n) is 8.67. The second-order valence-electron chi connectivity index (χ2n) is 6.87. The number of esters is 1. The Morgan fingerprint density at radius 1 is 1.31 bits per heavy atom. The quantitative estimate of drug-likeness (QED) is 0.720. The van der Waals surface area contributed by atoms with Gasteiger partial charge in [0.15, 0.2) is 16.4 Å². The zero-order valence-electron chi connectivity index (χ0n) is 15.4. The minimum Gasteiger partial charge on any atom is -0.452 e. The number of carbonyl (C=O) groups is 2. The molecule has 1 aliphatic rings. The first-order valence-corrected chi connectivity index (χ1v) is 10.5. The van der Waals surface area contributed by atoms with Crippen LogP contribution in [0.1, 0.15) is 30.6 Å². The Hall–Kier alpha value is -2.09. The zero-order chi connectivity index (χ0) is 19.3. The van der Waals surface area contributed by atoms with Gasteiger partial charge in [-0.2, -0.15) is 0 Å². The van der Waals surface area contributed by atoms with Gasteiger partial charge < -0.3 is 15.0 Å². The topological polar surface area (TPSA) is 92.8 Å². The largest absolute Gasteiger partial charge is 0.452 e. The number of carbonyl (C=O) groups excluding carboxylic acids is 2. The molecule has 1 N–H and O–H groups in total. The van der Waals surface area contributed by atoms with E-state index in [0.29, 0.717) is 24.2 Å². The summed E-state index contributed by atoms with van der Waals surface area (Å²) in [6, 6.07) is 6.52. The van der Waals surface area contributed by atoms with Crippen molar-refractivity contribution in [1.29, 1.82) is 0 Å². The summed E-state index contributed by atoms with van der Waals surface area (Å²) in [6.45, 7) is 3.95. The van der Waals surface area contributed by atoms with Crippen molar-refractivity contribution in [2.45, 2.75) is 26.3 Å². The molecule has 26 heavy (non-hydrogen) atoms. The Balaban J connectivity index is 2.04. The molecule has 144 valence electrons. The van der Waals surface area contributed by atoms with Crippen molar-refractivity contribution in [3.63, 3.8) is 0 Å². The van der Waals surface area contributed by atoms with Crippen LogP contribution in [-0.4, -0.2) is 62.9 Å². The highest BCUT2D eigenvalue weighted by molar-refractivity contribution is 7.91. The predicted molar refractivity (Wildman–Crippen MR) is 99.9 cm³/mol. The molecule has 1 atom stereocenters. The van der Waals surface area contributed by atoms with Crippen molar-refractivity contribution in [2.24, 2.45) is 5.92 Å². The number of hydrogen-bond donors (Lipinski definition) is 1. The summed E-state index contributed by atoms with van der Waals surface area (Å²) < 4.78 is 28.7. The monoisotopic (exact) mass is 382 g/mol. The lowest BCUT2D eigenvalue weighted by atomic mass is 10.1. The van der Waals surface area contributed by atoms with Crippen LogP contribution in [0.2, 0.25) is 0 Å². The maximum atomic E-state index is 12.6. The first-order chi connectivity index (χ1) is 12.2. The summed E-state index contributed by atoms with van der Waals surface area (Å²) in [5.74, 6) is -0.706. The average Bonchev–Trinajstić information content (AvgIpc) is 2.96. The lowest BCUT2D eigenvalue weighted by Gasteiger charge is -2.29. The number of para-hydroxylation sites is 1. The molecule has 0 bridgehead atoms. The number of ether oxygens (including phenoxy) is 1. The smallest absolute Gasteiger partial charge is 0.340 e. The van der Waals surface area contributed by atoms with Gasteiger partial charge in [0.2, 0.25) is 0 Å². The van der Waals surface area contributed by atoms with Crippen molar-refractivity contribution in [2.75, 3.05) is 37.0 Å². The number of sulfone groups is 1. The molecular weight excluding hydrogens is 356 g/mol. The molecule has 0 aliphatic carbocycles. The summed E-state index contributed by atoms with van der Waals surface area (Å²) in [7, 11) is -1.41. The summed E-state index contributed by atoms with van der Waals surface area (Å²) in [5, 5.41) is 2.90. The van der Waals surface area contributed by atoms with Crippen molar-refractivity contribution in [1.82, 2.24) is 4.90 Å². The van der Waals surface area contributed by atoms with Gasteiger partial charge in [-0.05, 0) is 24.5 Å². The van der Waals surface area contributed by atoms with Gasteiger partial charge in [-0.15, -0.1) is 0 Å². The Labute approximate surface area is 154 Å². The van der Waals surface area contributed by atoms with Gasteiger partial charge in [0.05, 0.1) is 17.1 Å². The fourth-order valence-corrected chi connectivity index (χ4v) is 4.77. The summed E-state index contributed by atoms with van der Waals surface area (Å²) in [6.07, 6.45) is 0.428. The molecule has 2 rings (SSSR count). The van der Waals surface area contributed by atoms with Crippen LogP contribution < -0.4 is 5.32 Å². The molecule has 1 heterocycles. The third-order valence-corrected chi connectivity index (χ3v) is 6.02. The van der Waals surface area contributed by atoms with Gasteiger partial charge in [0, 0.05) is 25.3 Å². The average molecular weight is 382 g/mol. The van der Waals surface area contributed by atoms with Crippen LogP contribution in [0.3, 0.4) is 0 Å². The second kappa shape index (κ2) is 8.53. The molecule has 1 aliphatic heterocycles. The molecule has 1 aromatic rings. The fourth-order valence-electron chi connectivity index (χ4n) is 3.04. The Kier molecular flexibility index (Phi) is 6.63. The van der Waals surface area contributed by atoms with E-state index in [1.54, 1.807) is 36.2 Å². The molecule has 0 radical (unpaired) electrons. The fraction of sp³-hybridized carbons (Fsp3) is 0.556. The van der Waals surface area contributed by atoms with E-state index in [1.165, 1.54) is 0 Å². The number of anilines is 1. The van der Waals surface area contributed by atoms with E-state index in [9.17, 15) is 18.0 Å². The lowest BCUT2D eigenvalue weighted by molar-refractivity contribution is -0.137. The van der Waals surface area contributed by atoms with E-state index in [0.717, 1.165) is 0 Å². The highest BCUT2D eigenvalue weighted by Crippen LogP contribution is 2.20. The van der Waals surface area contributed by atoms with Crippen LogP contribution in [0, 0.1) is 5.92 Å². The summed E-state index contributed by atoms with van der Waals surface area (Å²) in [4.78, 5) is 26.4. The van der Waals surface area contributed by atoms with Crippen LogP contribution >= 0.6 is 0 Å². The van der Waals surface area contributed by atoms with Crippen LogP contribution in [-0.2, 0) is 19.4 Å². The van der Waals surface area contributed by atoms with Gasteiger partial charge >= 0.3 is 5.97 Å². The number of benzene rings is 1. The van der Waals surface area contributed by atoms with E-state index in [2.05, 4.69) is 5.32 Å². The van der Waals surface area contributed by atoms with Gasteiger partial charge in [0.25, 0.3) is 5.91 Å². The standard InChI is InChI=1S/C18H26N2O5S/c1-13(2)10-20(14-8-9-26(23,24)12-14)17(21)11-25-18(22)15-6-4-5-7-16(15)19-3/h4-7,13-14,19H,8-12H2,1-3H3/t14-/m0/s1. The van der Waals surface area contributed by atoms with Crippen LogP contribution in [0.5, 0.6) is 0 Å². The Morgan fingerprint density at radius 3 is 2.58 bits per heavy atom. The van der Waals surface area contributed by atoms with E-state index in [1.807, 2.05) is 13.8 Å². The second-order valence-corrected chi connectivity index (χ2v) is 9.10. The number of nitrogens with one attached hydrogen (secondary N) is 1.